The second kappa shape index (κ2) is 5.46. The summed E-state index contributed by atoms with van der Waals surface area (Å²) in [5, 5.41) is 2.25. The molecule has 1 N–H and O–H groups in total. The summed E-state index contributed by atoms with van der Waals surface area (Å²) in [7, 11) is 0. The molecule has 0 bridgehead atoms. The number of ether oxygens (including phenoxy) is 1. The molecule has 0 aromatic rings. The molecule has 0 unspecified atom stereocenters. The van der Waals surface area contributed by atoms with E-state index in [1.807, 2.05) is 0 Å². The first-order valence-electron chi connectivity index (χ1n) is 3.78. The molecule has 0 atom stereocenters. The zero-order valence-electron chi connectivity index (χ0n) is 7.48. The number of hydrogen-bond acceptors (Lipinski definition) is 3. The number of esters is 1. The Kier molecular flexibility index (Phi) is 4.96. The van der Waals surface area contributed by atoms with Gasteiger partial charge in [0.1, 0.15) is 0 Å². The van der Waals surface area contributed by atoms with Gasteiger partial charge in [-0.2, -0.15) is 13.2 Å². The lowest BCUT2D eigenvalue weighted by Crippen LogP contribution is -2.26. The zero-order valence-corrected chi connectivity index (χ0v) is 7.48. The van der Waals surface area contributed by atoms with Crippen LogP contribution < -0.4 is 5.32 Å². The summed E-state index contributed by atoms with van der Waals surface area (Å²) in [6.45, 7) is -0.376. The highest BCUT2D eigenvalue weighted by Gasteiger charge is 2.29. The number of hydrogen-bond donors (Lipinski definition) is 1. The molecule has 0 fully saturated rings. The molecule has 0 spiro atoms. The van der Waals surface area contributed by atoms with Crippen LogP contribution in [0.3, 0.4) is 0 Å². The normalized spacial score (nSPS) is 10.9. The van der Waals surface area contributed by atoms with Gasteiger partial charge < -0.3 is 10.1 Å². The van der Waals surface area contributed by atoms with Crippen LogP contribution in [0.4, 0.5) is 13.2 Å². The Morgan fingerprint density at radius 1 is 1.36 bits per heavy atom. The van der Waals surface area contributed by atoms with Gasteiger partial charge in [-0.1, -0.05) is 0 Å². The minimum Gasteiger partial charge on any atom is -0.456 e. The molecule has 0 aliphatic rings. The molecule has 0 saturated carbocycles. The molecule has 0 heterocycles. The Bertz CT molecular complexity index is 215. The largest absolute Gasteiger partial charge is 0.456 e. The highest BCUT2D eigenvalue weighted by molar-refractivity contribution is 5.74. The number of amides is 1. The Balaban J connectivity index is 3.52. The van der Waals surface area contributed by atoms with E-state index in [9.17, 15) is 22.8 Å². The Morgan fingerprint density at radius 2 is 1.93 bits per heavy atom. The second-order valence-electron chi connectivity index (χ2n) is 2.51. The van der Waals surface area contributed by atoms with Crippen molar-refractivity contribution < 1.29 is 27.5 Å². The van der Waals surface area contributed by atoms with Gasteiger partial charge in [0, 0.05) is 13.5 Å². The fraction of sp³-hybridized carbons (Fsp3) is 0.714. The molecule has 14 heavy (non-hydrogen) atoms. The second-order valence-corrected chi connectivity index (χ2v) is 2.51. The minimum atomic E-state index is -4.51. The third-order valence-electron chi connectivity index (χ3n) is 1.10. The summed E-state index contributed by atoms with van der Waals surface area (Å²) in [4.78, 5) is 20.9. The van der Waals surface area contributed by atoms with Gasteiger partial charge in [-0.3, -0.25) is 9.59 Å². The number of nitrogens with one attached hydrogen (secondary N) is 1. The van der Waals surface area contributed by atoms with Crippen molar-refractivity contribution >= 4 is 11.9 Å². The molecule has 0 aromatic carbocycles. The van der Waals surface area contributed by atoms with Crippen LogP contribution in [0.25, 0.3) is 0 Å². The predicted octanol–water partition coefficient (Wildman–Crippen LogP) is 0.618. The minimum absolute atomic E-state index is 0.0218. The van der Waals surface area contributed by atoms with Gasteiger partial charge >= 0.3 is 12.1 Å². The highest BCUT2D eigenvalue weighted by atomic mass is 19.4. The standard InChI is InChI=1S/C7H10F3NO3/c1-5(12)11-3-2-6(13)14-4-7(8,9)10/h2-4H2,1H3,(H,11,12). The quantitative estimate of drug-likeness (QED) is 0.696. The summed E-state index contributed by atoms with van der Waals surface area (Å²) in [6, 6.07) is 0. The van der Waals surface area contributed by atoms with Crippen LogP contribution in [-0.2, 0) is 14.3 Å². The Labute approximate surface area is 78.4 Å². The van der Waals surface area contributed by atoms with Gasteiger partial charge in [0.15, 0.2) is 6.61 Å². The molecule has 0 saturated heterocycles. The number of halogens is 3. The SMILES string of the molecule is CC(=O)NCCC(=O)OCC(F)(F)F. The average Bonchev–Trinajstić information content (AvgIpc) is 1.99. The van der Waals surface area contributed by atoms with Crippen molar-refractivity contribution in [3.63, 3.8) is 0 Å². The number of carbonyl (C=O) groups excluding carboxylic acids is 2. The van der Waals surface area contributed by atoms with Crippen LogP contribution in [-0.4, -0.2) is 31.2 Å². The molecule has 0 aliphatic carbocycles. The maximum absolute atomic E-state index is 11.5. The Morgan fingerprint density at radius 3 is 2.36 bits per heavy atom. The fourth-order valence-electron chi connectivity index (χ4n) is 0.575. The van der Waals surface area contributed by atoms with E-state index in [-0.39, 0.29) is 18.9 Å². The van der Waals surface area contributed by atoms with Crippen LogP contribution in [0.1, 0.15) is 13.3 Å². The third kappa shape index (κ3) is 8.82. The molecular weight excluding hydrogens is 203 g/mol. The van der Waals surface area contributed by atoms with Crippen molar-refractivity contribution in [3.8, 4) is 0 Å². The first-order valence-corrected chi connectivity index (χ1v) is 3.78. The van der Waals surface area contributed by atoms with Crippen LogP contribution in [0.5, 0.6) is 0 Å². The number of carbonyl (C=O) groups is 2. The molecule has 4 nitrogen and oxygen atoms in total. The van der Waals surface area contributed by atoms with E-state index in [0.717, 1.165) is 0 Å². The van der Waals surface area contributed by atoms with E-state index in [1.165, 1.54) is 6.92 Å². The highest BCUT2D eigenvalue weighted by Crippen LogP contribution is 2.14. The molecule has 0 aromatic heterocycles. The monoisotopic (exact) mass is 213 g/mol. The number of rotatable bonds is 4. The van der Waals surface area contributed by atoms with Gasteiger partial charge in [0.25, 0.3) is 0 Å². The van der Waals surface area contributed by atoms with Crippen molar-refractivity contribution in [1.82, 2.24) is 5.32 Å². The van der Waals surface area contributed by atoms with E-state index in [1.54, 1.807) is 0 Å². The molecule has 7 heteroatoms. The lowest BCUT2D eigenvalue weighted by atomic mass is 10.4. The van der Waals surface area contributed by atoms with Crippen LogP contribution in [0.15, 0.2) is 0 Å². The molecular formula is C7H10F3NO3. The molecule has 0 radical (unpaired) electrons. The van der Waals surface area contributed by atoms with E-state index >= 15 is 0 Å². The van der Waals surface area contributed by atoms with E-state index < -0.39 is 18.8 Å². The van der Waals surface area contributed by atoms with Gasteiger partial charge in [0.05, 0.1) is 6.42 Å². The van der Waals surface area contributed by atoms with E-state index in [0.29, 0.717) is 0 Å². The molecule has 82 valence electrons. The van der Waals surface area contributed by atoms with E-state index in [2.05, 4.69) is 10.1 Å². The predicted molar refractivity (Wildman–Crippen MR) is 40.3 cm³/mol. The summed E-state index contributed by atoms with van der Waals surface area (Å²) in [5.41, 5.74) is 0. The van der Waals surface area contributed by atoms with Gasteiger partial charge in [-0.15, -0.1) is 0 Å². The van der Waals surface area contributed by atoms with Crippen molar-refractivity contribution in [2.75, 3.05) is 13.2 Å². The summed E-state index contributed by atoms with van der Waals surface area (Å²) in [6.07, 6.45) is -4.78. The van der Waals surface area contributed by atoms with Crippen LogP contribution >= 0.6 is 0 Å². The zero-order chi connectivity index (χ0) is 11.2. The van der Waals surface area contributed by atoms with Gasteiger partial charge in [-0.05, 0) is 0 Å². The molecule has 1 amide bonds. The topological polar surface area (TPSA) is 55.4 Å². The smallest absolute Gasteiger partial charge is 0.422 e. The lowest BCUT2D eigenvalue weighted by molar-refractivity contribution is -0.186. The first kappa shape index (κ1) is 12.7. The molecule has 0 aliphatic heterocycles. The fourth-order valence-corrected chi connectivity index (χ4v) is 0.575. The Hall–Kier alpha value is -1.27. The van der Waals surface area contributed by atoms with Crippen molar-refractivity contribution in [2.24, 2.45) is 0 Å². The lowest BCUT2D eigenvalue weighted by Gasteiger charge is -2.07. The molecule has 0 rings (SSSR count). The average molecular weight is 213 g/mol. The summed E-state index contributed by atoms with van der Waals surface area (Å²) >= 11 is 0. The first-order chi connectivity index (χ1) is 6.31. The van der Waals surface area contributed by atoms with Crippen molar-refractivity contribution in [2.45, 2.75) is 19.5 Å². The van der Waals surface area contributed by atoms with Crippen molar-refractivity contribution in [1.29, 1.82) is 0 Å². The third-order valence-corrected chi connectivity index (χ3v) is 1.10. The van der Waals surface area contributed by atoms with Gasteiger partial charge in [-0.25, -0.2) is 0 Å². The summed E-state index contributed by atoms with van der Waals surface area (Å²) in [5.74, 6) is -1.34. The van der Waals surface area contributed by atoms with Crippen LogP contribution in [0.2, 0.25) is 0 Å². The van der Waals surface area contributed by atoms with E-state index in [4.69, 9.17) is 0 Å². The number of alkyl halides is 3. The van der Waals surface area contributed by atoms with Crippen molar-refractivity contribution in [3.05, 3.63) is 0 Å². The van der Waals surface area contributed by atoms with Crippen LogP contribution in [0, 0.1) is 0 Å². The maximum atomic E-state index is 11.5. The maximum Gasteiger partial charge on any atom is 0.422 e. The summed E-state index contributed by atoms with van der Waals surface area (Å²) < 4.78 is 38.4. The van der Waals surface area contributed by atoms with Gasteiger partial charge in [0.2, 0.25) is 5.91 Å².